The molecule has 0 amide bonds. The Bertz CT molecular complexity index is 363. The molecule has 0 aliphatic carbocycles. The third-order valence-electron chi connectivity index (χ3n) is 2.34. The molecule has 9 heteroatoms. The molecule has 0 fully saturated rings. The highest BCUT2D eigenvalue weighted by Gasteiger charge is 2.05. The predicted molar refractivity (Wildman–Crippen MR) is 120 cm³/mol. The maximum absolute atomic E-state index is 10.8. The summed E-state index contributed by atoms with van der Waals surface area (Å²) in [7, 11) is 0. The molecular formula is C21H42O8S. The van der Waals surface area contributed by atoms with Gasteiger partial charge in [0.25, 0.3) is 0 Å². The lowest BCUT2D eigenvalue weighted by atomic mass is 10.5. The quantitative estimate of drug-likeness (QED) is 0.327. The van der Waals surface area contributed by atoms with Gasteiger partial charge in [0.15, 0.2) is 0 Å². The lowest BCUT2D eigenvalue weighted by Crippen LogP contribution is -2.16. The first-order valence-electron chi connectivity index (χ1n) is 10.4. The van der Waals surface area contributed by atoms with Crippen molar-refractivity contribution in [1.82, 2.24) is 0 Å². The van der Waals surface area contributed by atoms with Crippen LogP contribution in [0.15, 0.2) is 0 Å². The minimum absolute atomic E-state index is 0.0185. The van der Waals surface area contributed by atoms with E-state index in [9.17, 15) is 14.4 Å². The Labute approximate surface area is 186 Å². The Morgan fingerprint density at radius 2 is 1.27 bits per heavy atom. The second kappa shape index (κ2) is 23.8. The summed E-state index contributed by atoms with van der Waals surface area (Å²) < 4.78 is 23.8. The monoisotopic (exact) mass is 454 g/mol. The number of thioether (sulfide) groups is 1. The summed E-state index contributed by atoms with van der Waals surface area (Å²) >= 11 is 1.58. The number of carbonyl (C=O) groups is 3. The van der Waals surface area contributed by atoms with Gasteiger partial charge in [-0.2, -0.15) is 11.8 Å². The molecule has 0 N–H and O–H groups in total. The molecule has 0 rings (SSSR count). The average molecular weight is 455 g/mol. The molecule has 0 saturated carbocycles. The zero-order valence-corrected chi connectivity index (χ0v) is 21.0. The van der Waals surface area contributed by atoms with Crippen LogP contribution in [0.4, 0.5) is 4.79 Å². The summed E-state index contributed by atoms with van der Waals surface area (Å²) in [4.78, 5) is 32.0. The van der Waals surface area contributed by atoms with Crippen LogP contribution in [0.3, 0.4) is 0 Å². The number of carbonyl (C=O) groups excluding carboxylic acids is 3. The fourth-order valence-electron chi connectivity index (χ4n) is 1.38. The van der Waals surface area contributed by atoms with Crippen LogP contribution in [0, 0.1) is 0 Å². The van der Waals surface area contributed by atoms with Crippen molar-refractivity contribution in [3.63, 3.8) is 0 Å². The molecule has 0 unspecified atom stereocenters. The van der Waals surface area contributed by atoms with Gasteiger partial charge in [-0.25, -0.2) is 9.59 Å². The van der Waals surface area contributed by atoms with E-state index in [1.54, 1.807) is 25.6 Å². The van der Waals surface area contributed by atoms with Gasteiger partial charge in [-0.3, -0.25) is 4.79 Å². The highest BCUT2D eigenvalue weighted by Crippen LogP contribution is 2.00. The topological polar surface area (TPSA) is 97.4 Å². The molecule has 0 aromatic rings. The zero-order chi connectivity index (χ0) is 23.9. The van der Waals surface area contributed by atoms with Crippen LogP contribution < -0.4 is 0 Å². The van der Waals surface area contributed by atoms with Crippen molar-refractivity contribution < 1.29 is 38.1 Å². The van der Waals surface area contributed by atoms with Crippen LogP contribution in [0.5, 0.6) is 0 Å². The maximum Gasteiger partial charge on any atom is 0.508 e. The van der Waals surface area contributed by atoms with Crippen molar-refractivity contribution in [2.45, 2.75) is 87.0 Å². The molecule has 0 aromatic heterocycles. The first-order valence-corrected chi connectivity index (χ1v) is 11.5. The minimum Gasteiger partial charge on any atom is -0.462 e. The Kier molecular flexibility index (Phi) is 26.3. The van der Waals surface area contributed by atoms with E-state index < -0.39 is 6.16 Å². The minimum atomic E-state index is -0.572. The second-order valence-electron chi connectivity index (χ2n) is 6.62. The number of hydrogen-bond acceptors (Lipinski definition) is 9. The number of ether oxygens (including phenoxy) is 5. The predicted octanol–water partition coefficient (Wildman–Crippen LogP) is 4.62. The van der Waals surface area contributed by atoms with Crippen LogP contribution in [-0.4, -0.2) is 67.7 Å². The molecule has 8 nitrogen and oxygen atoms in total. The Morgan fingerprint density at radius 3 is 1.67 bits per heavy atom. The molecule has 0 aliphatic heterocycles. The van der Waals surface area contributed by atoms with Gasteiger partial charge in [0, 0.05) is 6.61 Å². The van der Waals surface area contributed by atoms with E-state index in [1.165, 1.54) is 0 Å². The molecule has 0 aromatic carbocycles. The number of rotatable bonds is 11. The molecule has 0 spiro atoms. The Balaban J connectivity index is -0.000000364. The van der Waals surface area contributed by atoms with Gasteiger partial charge in [-0.05, 0) is 60.6 Å². The van der Waals surface area contributed by atoms with Crippen molar-refractivity contribution in [2.75, 3.05) is 31.3 Å². The molecule has 0 aliphatic rings. The highest BCUT2D eigenvalue weighted by atomic mass is 32.2. The van der Waals surface area contributed by atoms with E-state index in [1.807, 2.05) is 48.5 Å². The average Bonchev–Trinajstić information content (AvgIpc) is 2.62. The third kappa shape index (κ3) is 34.1. The molecule has 0 atom stereocenters. The lowest BCUT2D eigenvalue weighted by molar-refractivity contribution is -0.152. The first-order chi connectivity index (χ1) is 14.0. The molecule has 0 saturated heterocycles. The Hall–Kier alpha value is -1.48. The van der Waals surface area contributed by atoms with Crippen molar-refractivity contribution in [3.05, 3.63) is 0 Å². The molecule has 0 bridgehead atoms. The molecular weight excluding hydrogens is 412 g/mol. The van der Waals surface area contributed by atoms with Gasteiger partial charge in [0.2, 0.25) is 0 Å². The molecule has 30 heavy (non-hydrogen) atoms. The smallest absolute Gasteiger partial charge is 0.462 e. The van der Waals surface area contributed by atoms with Crippen molar-refractivity contribution >= 4 is 29.9 Å². The lowest BCUT2D eigenvalue weighted by Gasteiger charge is -2.06. The van der Waals surface area contributed by atoms with Gasteiger partial charge >= 0.3 is 18.1 Å². The van der Waals surface area contributed by atoms with E-state index in [2.05, 4.69) is 4.74 Å². The summed E-state index contributed by atoms with van der Waals surface area (Å²) in [5.74, 6) is 1.04. The summed E-state index contributed by atoms with van der Waals surface area (Å²) in [6.45, 7) is 17.7. The van der Waals surface area contributed by atoms with E-state index in [0.29, 0.717) is 19.0 Å². The van der Waals surface area contributed by atoms with E-state index >= 15 is 0 Å². The first kappa shape index (κ1) is 33.2. The van der Waals surface area contributed by atoms with E-state index in [0.717, 1.165) is 12.2 Å². The fraction of sp³-hybridized carbons (Fsp3) is 0.857. The normalized spacial score (nSPS) is 9.87. The number of esters is 2. The fourth-order valence-corrected chi connectivity index (χ4v) is 1.82. The second-order valence-corrected chi connectivity index (χ2v) is 7.89. The van der Waals surface area contributed by atoms with Gasteiger partial charge in [0.05, 0.1) is 30.7 Å². The summed E-state index contributed by atoms with van der Waals surface area (Å²) in [5, 5.41) is 0. The van der Waals surface area contributed by atoms with E-state index in [4.69, 9.17) is 18.9 Å². The number of hydrogen-bond donors (Lipinski definition) is 0. The third-order valence-corrected chi connectivity index (χ3v) is 3.19. The van der Waals surface area contributed by atoms with Gasteiger partial charge in [0.1, 0.15) is 6.61 Å². The summed E-state index contributed by atoms with van der Waals surface area (Å²) in [6.07, 6.45) is 0.131. The summed E-state index contributed by atoms with van der Waals surface area (Å²) in [6, 6.07) is 0. The SMILES string of the molecule is CCCOC(=O)OC(C)C.CCOCC(=O)OC(C)C.CCSCC(=O)OC(C)C. The van der Waals surface area contributed by atoms with Crippen LogP contribution in [-0.2, 0) is 33.3 Å². The standard InChI is InChI=1S/2C7H14O3.C7H14O2S/c1-4-9-5-7(8)10-6(2)3;1-4-5-9-7(8)10-6(2)3;1-4-10-5-7(8)9-6(2)3/h3*6H,4-5H2,1-3H3. The molecule has 0 heterocycles. The van der Waals surface area contributed by atoms with Crippen LogP contribution >= 0.6 is 11.8 Å². The Morgan fingerprint density at radius 1 is 0.767 bits per heavy atom. The van der Waals surface area contributed by atoms with Gasteiger partial charge < -0.3 is 23.7 Å². The summed E-state index contributed by atoms with van der Waals surface area (Å²) in [5.41, 5.74) is 0. The van der Waals surface area contributed by atoms with Gasteiger partial charge in [-0.1, -0.05) is 13.8 Å². The van der Waals surface area contributed by atoms with Crippen molar-refractivity contribution in [1.29, 1.82) is 0 Å². The van der Waals surface area contributed by atoms with E-state index in [-0.39, 0.29) is 36.9 Å². The van der Waals surface area contributed by atoms with Crippen molar-refractivity contribution in [2.24, 2.45) is 0 Å². The zero-order valence-electron chi connectivity index (χ0n) is 20.1. The highest BCUT2D eigenvalue weighted by molar-refractivity contribution is 7.99. The van der Waals surface area contributed by atoms with Crippen molar-refractivity contribution in [3.8, 4) is 0 Å². The van der Waals surface area contributed by atoms with Crippen LogP contribution in [0.1, 0.15) is 68.7 Å². The van der Waals surface area contributed by atoms with Crippen LogP contribution in [0.2, 0.25) is 0 Å². The largest absolute Gasteiger partial charge is 0.508 e. The molecule has 0 radical (unpaired) electrons. The maximum atomic E-state index is 10.8. The van der Waals surface area contributed by atoms with Gasteiger partial charge in [-0.15, -0.1) is 0 Å². The van der Waals surface area contributed by atoms with Crippen LogP contribution in [0.25, 0.3) is 0 Å². The molecule has 180 valence electrons.